The average molecular weight is 367 g/mol. The maximum absolute atomic E-state index is 12.9. The molecule has 1 aromatic heterocycles. The Kier molecular flexibility index (Phi) is 5.44. The smallest absolute Gasteiger partial charge is 0.321 e. The van der Waals surface area contributed by atoms with Gasteiger partial charge in [-0.15, -0.1) is 0 Å². The molecule has 2 unspecified atom stereocenters. The highest BCUT2D eigenvalue weighted by Gasteiger charge is 2.26. The number of carbonyl (C=O) groups excluding carboxylic acids is 2. The van der Waals surface area contributed by atoms with E-state index < -0.39 is 5.91 Å². The number of nitrogens with one attached hydrogen (secondary N) is 1. The summed E-state index contributed by atoms with van der Waals surface area (Å²) in [7, 11) is 0. The highest BCUT2D eigenvalue weighted by Crippen LogP contribution is 2.24. The van der Waals surface area contributed by atoms with E-state index in [0.717, 1.165) is 25.1 Å². The molecule has 6 nitrogen and oxygen atoms in total. The summed E-state index contributed by atoms with van der Waals surface area (Å²) >= 11 is 0. The molecule has 2 atom stereocenters. The van der Waals surface area contributed by atoms with Gasteiger partial charge in [0.15, 0.2) is 6.20 Å². The Labute approximate surface area is 159 Å². The lowest BCUT2D eigenvalue weighted by atomic mass is 9.91. The molecule has 1 N–H and O–H groups in total. The molecule has 0 radical (unpaired) electrons. The summed E-state index contributed by atoms with van der Waals surface area (Å²) in [4.78, 5) is 27.2. The van der Waals surface area contributed by atoms with Gasteiger partial charge in [0.2, 0.25) is 0 Å². The van der Waals surface area contributed by atoms with Crippen molar-refractivity contribution in [2.24, 2.45) is 11.8 Å². The first-order valence-corrected chi connectivity index (χ1v) is 9.24. The van der Waals surface area contributed by atoms with E-state index in [1.165, 1.54) is 12.3 Å². The molecule has 1 aliphatic heterocycles. The highest BCUT2D eigenvalue weighted by molar-refractivity contribution is 6.03. The number of aryl methyl sites for hydroxylation is 1. The SMILES string of the molecule is Cc1ccc(C(=O)N2CC(C)CC(C)C2)cc1NC(=O)c1cccc[n+]1[O-]. The van der Waals surface area contributed by atoms with Crippen LogP contribution in [-0.2, 0) is 0 Å². The molecule has 0 bridgehead atoms. The number of anilines is 1. The van der Waals surface area contributed by atoms with E-state index in [9.17, 15) is 14.8 Å². The van der Waals surface area contributed by atoms with Crippen molar-refractivity contribution in [3.63, 3.8) is 0 Å². The van der Waals surface area contributed by atoms with E-state index in [4.69, 9.17) is 0 Å². The maximum atomic E-state index is 12.9. The summed E-state index contributed by atoms with van der Waals surface area (Å²) in [6.07, 6.45) is 2.41. The highest BCUT2D eigenvalue weighted by atomic mass is 16.5. The largest absolute Gasteiger partial charge is 0.618 e. The van der Waals surface area contributed by atoms with Crippen LogP contribution in [0.5, 0.6) is 0 Å². The maximum Gasteiger partial charge on any atom is 0.321 e. The van der Waals surface area contributed by atoms with E-state index in [-0.39, 0.29) is 11.6 Å². The summed E-state index contributed by atoms with van der Waals surface area (Å²) in [6, 6.07) is 9.95. The van der Waals surface area contributed by atoms with E-state index in [1.54, 1.807) is 24.3 Å². The van der Waals surface area contributed by atoms with Crippen molar-refractivity contribution >= 4 is 17.5 Å². The zero-order valence-electron chi connectivity index (χ0n) is 15.9. The first kappa shape index (κ1) is 18.9. The van der Waals surface area contributed by atoms with Crippen molar-refractivity contribution in [2.75, 3.05) is 18.4 Å². The molecule has 142 valence electrons. The Morgan fingerprint density at radius 1 is 1.15 bits per heavy atom. The fourth-order valence-electron chi connectivity index (χ4n) is 3.69. The van der Waals surface area contributed by atoms with Gasteiger partial charge in [-0.3, -0.25) is 9.59 Å². The van der Waals surface area contributed by atoms with Crippen LogP contribution < -0.4 is 10.0 Å². The molecule has 1 saturated heterocycles. The van der Waals surface area contributed by atoms with Gasteiger partial charge in [0.1, 0.15) is 0 Å². The van der Waals surface area contributed by atoms with Crippen LogP contribution in [0.2, 0.25) is 0 Å². The van der Waals surface area contributed by atoms with Gasteiger partial charge in [-0.2, -0.15) is 4.73 Å². The van der Waals surface area contributed by atoms with Gasteiger partial charge in [-0.1, -0.05) is 19.9 Å². The molecule has 3 rings (SSSR count). The lowest BCUT2D eigenvalue weighted by Gasteiger charge is -2.35. The second-order valence-corrected chi connectivity index (χ2v) is 7.55. The van der Waals surface area contributed by atoms with Crippen LogP contribution >= 0.6 is 0 Å². The standard InChI is InChI=1S/C21H25N3O3/c1-14-10-15(2)13-23(12-14)21(26)17-8-7-16(3)18(11-17)22-20(25)19-6-4-5-9-24(19)27/h4-9,11,14-15H,10,12-13H2,1-3H3,(H,22,25). The molecular weight excluding hydrogens is 342 g/mol. The Bertz CT molecular complexity index is 856. The van der Waals surface area contributed by atoms with Crippen molar-refractivity contribution in [1.82, 2.24) is 4.90 Å². The predicted molar refractivity (Wildman–Crippen MR) is 103 cm³/mol. The Hall–Kier alpha value is -2.89. The third-order valence-corrected chi connectivity index (χ3v) is 4.95. The number of amides is 2. The van der Waals surface area contributed by atoms with Crippen LogP contribution in [0.4, 0.5) is 5.69 Å². The Balaban J connectivity index is 1.81. The van der Waals surface area contributed by atoms with E-state index in [0.29, 0.717) is 27.8 Å². The van der Waals surface area contributed by atoms with Crippen molar-refractivity contribution in [3.8, 4) is 0 Å². The van der Waals surface area contributed by atoms with Gasteiger partial charge < -0.3 is 15.4 Å². The molecule has 0 spiro atoms. The number of benzene rings is 1. The minimum atomic E-state index is -0.501. The van der Waals surface area contributed by atoms with Crippen LogP contribution in [0, 0.1) is 24.0 Å². The van der Waals surface area contributed by atoms with Crippen molar-refractivity contribution in [2.45, 2.75) is 27.2 Å². The Morgan fingerprint density at radius 3 is 2.52 bits per heavy atom. The second-order valence-electron chi connectivity index (χ2n) is 7.55. The van der Waals surface area contributed by atoms with Crippen molar-refractivity contribution < 1.29 is 14.3 Å². The number of likely N-dealkylation sites (tertiary alicyclic amines) is 1. The zero-order chi connectivity index (χ0) is 19.6. The molecule has 2 amide bonds. The summed E-state index contributed by atoms with van der Waals surface area (Å²) < 4.78 is 0.524. The predicted octanol–water partition coefficient (Wildman–Crippen LogP) is 3.00. The van der Waals surface area contributed by atoms with Crippen LogP contribution in [0.3, 0.4) is 0 Å². The van der Waals surface area contributed by atoms with E-state index in [1.807, 2.05) is 17.9 Å². The summed E-state index contributed by atoms with van der Waals surface area (Å²) in [5.41, 5.74) is 1.91. The number of pyridine rings is 1. The zero-order valence-corrected chi connectivity index (χ0v) is 15.9. The molecule has 1 fully saturated rings. The van der Waals surface area contributed by atoms with Crippen LogP contribution in [-0.4, -0.2) is 29.8 Å². The minimum Gasteiger partial charge on any atom is -0.618 e. The van der Waals surface area contributed by atoms with Gasteiger partial charge >= 0.3 is 5.91 Å². The normalized spacial score (nSPS) is 19.6. The number of hydrogen-bond donors (Lipinski definition) is 1. The summed E-state index contributed by atoms with van der Waals surface area (Å²) in [5.74, 6) is 0.432. The van der Waals surface area contributed by atoms with Gasteiger partial charge in [0, 0.05) is 36.5 Å². The topological polar surface area (TPSA) is 76.4 Å². The van der Waals surface area contributed by atoms with Gasteiger partial charge in [0.25, 0.3) is 11.6 Å². The van der Waals surface area contributed by atoms with Crippen molar-refractivity contribution in [3.05, 3.63) is 64.6 Å². The number of hydrogen-bond acceptors (Lipinski definition) is 3. The average Bonchev–Trinajstić information content (AvgIpc) is 2.62. The molecule has 2 aromatic rings. The number of piperidine rings is 1. The second kappa shape index (κ2) is 7.78. The van der Waals surface area contributed by atoms with Crippen LogP contribution in [0.25, 0.3) is 0 Å². The number of nitrogens with zero attached hydrogens (tertiary/aromatic N) is 2. The molecule has 0 aliphatic carbocycles. The first-order chi connectivity index (χ1) is 12.8. The Morgan fingerprint density at radius 2 is 1.85 bits per heavy atom. The molecule has 1 aliphatic rings. The molecular formula is C21H25N3O3. The van der Waals surface area contributed by atoms with Gasteiger partial charge in [-0.05, 0) is 48.9 Å². The van der Waals surface area contributed by atoms with Gasteiger partial charge in [0.05, 0.1) is 0 Å². The third kappa shape index (κ3) is 4.27. The van der Waals surface area contributed by atoms with Crippen molar-refractivity contribution in [1.29, 1.82) is 0 Å². The first-order valence-electron chi connectivity index (χ1n) is 9.24. The monoisotopic (exact) mass is 367 g/mol. The number of aromatic nitrogens is 1. The summed E-state index contributed by atoms with van der Waals surface area (Å²) in [6.45, 7) is 7.67. The lowest BCUT2D eigenvalue weighted by molar-refractivity contribution is -0.607. The fraction of sp³-hybridized carbons (Fsp3) is 0.381. The van der Waals surface area contributed by atoms with E-state index in [2.05, 4.69) is 19.2 Å². The number of rotatable bonds is 3. The molecule has 2 heterocycles. The quantitative estimate of drug-likeness (QED) is 0.669. The van der Waals surface area contributed by atoms with Crippen LogP contribution in [0.1, 0.15) is 46.7 Å². The molecule has 0 saturated carbocycles. The summed E-state index contributed by atoms with van der Waals surface area (Å²) in [5, 5.41) is 14.5. The number of carbonyl (C=O) groups is 2. The van der Waals surface area contributed by atoms with E-state index >= 15 is 0 Å². The minimum absolute atomic E-state index is 0.00677. The molecule has 6 heteroatoms. The van der Waals surface area contributed by atoms with Crippen LogP contribution in [0.15, 0.2) is 42.6 Å². The van der Waals surface area contributed by atoms with Gasteiger partial charge in [-0.25, -0.2) is 0 Å². The third-order valence-electron chi connectivity index (χ3n) is 4.95. The molecule has 27 heavy (non-hydrogen) atoms. The molecule has 1 aromatic carbocycles. The fourth-order valence-corrected chi connectivity index (χ4v) is 3.69. The lowest BCUT2D eigenvalue weighted by Crippen LogP contribution is -2.42.